The second-order valence-electron chi connectivity index (χ2n) is 6.02. The molecule has 3 heterocycles. The van der Waals surface area contributed by atoms with Crippen LogP contribution in [-0.2, 0) is 11.8 Å². The lowest BCUT2D eigenvalue weighted by molar-refractivity contribution is 0.0963. The van der Waals surface area contributed by atoms with Gasteiger partial charge in [-0.2, -0.15) is 0 Å². The number of halogens is 1. The Balaban J connectivity index is 1.60. The summed E-state index contributed by atoms with van der Waals surface area (Å²) in [7, 11) is 1.70. The van der Waals surface area contributed by atoms with Crippen LogP contribution >= 0.6 is 0 Å². The third-order valence-corrected chi connectivity index (χ3v) is 4.27. The summed E-state index contributed by atoms with van der Waals surface area (Å²) in [4.78, 5) is 17.4. The number of benzene rings is 1. The zero-order chi connectivity index (χ0) is 19.0. The SMILES string of the molecule is Cn1nnnc1-c1ccc(-c2ccc(N3C[C@@H](CO)OC3=O)cc2F)cn1. The standard InChI is InChI=1S/C17H15FN6O3/c1-23-16(20-21-22-23)15-5-2-10(7-19-15)13-4-3-11(6-14(13)18)24-8-12(9-25)27-17(24)26/h2-7,12,25H,8-9H2,1H3/t12-/m0/s1. The van der Waals surface area contributed by atoms with E-state index in [0.717, 1.165) is 0 Å². The summed E-state index contributed by atoms with van der Waals surface area (Å²) in [5.41, 5.74) is 1.86. The number of hydrogen-bond donors (Lipinski definition) is 1. The molecule has 2 aromatic heterocycles. The van der Waals surface area contributed by atoms with Crippen molar-refractivity contribution in [1.82, 2.24) is 25.2 Å². The lowest BCUT2D eigenvalue weighted by Crippen LogP contribution is -2.25. The molecule has 10 heteroatoms. The number of aromatic nitrogens is 5. The molecule has 1 fully saturated rings. The average Bonchev–Trinajstić information content (AvgIpc) is 3.27. The zero-order valence-electron chi connectivity index (χ0n) is 14.3. The van der Waals surface area contributed by atoms with E-state index in [-0.39, 0.29) is 13.2 Å². The van der Waals surface area contributed by atoms with Gasteiger partial charge in [0.2, 0.25) is 0 Å². The molecule has 1 atom stereocenters. The topological polar surface area (TPSA) is 106 Å². The fourth-order valence-corrected chi connectivity index (χ4v) is 2.87. The normalized spacial score (nSPS) is 16.6. The number of hydrogen-bond acceptors (Lipinski definition) is 7. The largest absolute Gasteiger partial charge is 0.441 e. The van der Waals surface area contributed by atoms with Gasteiger partial charge in [-0.05, 0) is 34.7 Å². The lowest BCUT2D eigenvalue weighted by Gasteiger charge is -2.14. The highest BCUT2D eigenvalue weighted by Crippen LogP contribution is 2.29. The Morgan fingerprint density at radius 2 is 2.19 bits per heavy atom. The number of carbonyl (C=O) groups is 1. The fraction of sp³-hybridized carbons (Fsp3) is 0.235. The van der Waals surface area contributed by atoms with Gasteiger partial charge in [0.25, 0.3) is 0 Å². The number of aliphatic hydroxyl groups excluding tert-OH is 1. The second kappa shape index (κ2) is 6.72. The third kappa shape index (κ3) is 3.10. The first-order chi connectivity index (χ1) is 13.1. The van der Waals surface area contributed by atoms with E-state index < -0.39 is 18.0 Å². The van der Waals surface area contributed by atoms with E-state index in [1.807, 2.05) is 0 Å². The maximum atomic E-state index is 14.6. The van der Waals surface area contributed by atoms with Crippen LogP contribution in [0.4, 0.5) is 14.9 Å². The molecule has 1 aromatic carbocycles. The van der Waals surface area contributed by atoms with E-state index in [4.69, 9.17) is 9.84 Å². The molecule has 1 aliphatic rings. The molecule has 0 bridgehead atoms. The number of amides is 1. The van der Waals surface area contributed by atoms with Crippen molar-refractivity contribution < 1.29 is 19.0 Å². The number of carbonyl (C=O) groups excluding carboxylic acids is 1. The van der Waals surface area contributed by atoms with Gasteiger partial charge in [-0.15, -0.1) is 5.10 Å². The van der Waals surface area contributed by atoms with Crippen molar-refractivity contribution in [3.63, 3.8) is 0 Å². The summed E-state index contributed by atoms with van der Waals surface area (Å²) in [5.74, 6) is 0.00553. The van der Waals surface area contributed by atoms with Crippen molar-refractivity contribution in [3.8, 4) is 22.6 Å². The minimum Gasteiger partial charge on any atom is -0.441 e. The molecule has 0 radical (unpaired) electrons. The first kappa shape index (κ1) is 17.0. The molecule has 1 N–H and O–H groups in total. The molecule has 27 heavy (non-hydrogen) atoms. The van der Waals surface area contributed by atoms with Crippen molar-refractivity contribution in [1.29, 1.82) is 0 Å². The summed E-state index contributed by atoms with van der Waals surface area (Å²) in [6.07, 6.45) is 0.324. The van der Waals surface area contributed by atoms with E-state index in [1.165, 1.54) is 21.8 Å². The fourth-order valence-electron chi connectivity index (χ4n) is 2.87. The van der Waals surface area contributed by atoms with E-state index in [2.05, 4.69) is 20.5 Å². The van der Waals surface area contributed by atoms with Gasteiger partial charge < -0.3 is 9.84 Å². The van der Waals surface area contributed by atoms with Gasteiger partial charge in [-0.25, -0.2) is 13.9 Å². The molecule has 0 unspecified atom stereocenters. The number of rotatable bonds is 4. The highest BCUT2D eigenvalue weighted by Gasteiger charge is 2.32. The molecule has 138 valence electrons. The summed E-state index contributed by atoms with van der Waals surface area (Å²) in [5, 5.41) is 20.3. The Hall–Kier alpha value is -3.40. The Morgan fingerprint density at radius 1 is 1.33 bits per heavy atom. The van der Waals surface area contributed by atoms with Gasteiger partial charge in [0.1, 0.15) is 17.6 Å². The smallest absolute Gasteiger partial charge is 0.414 e. The first-order valence-electron chi connectivity index (χ1n) is 8.14. The molecule has 1 amide bonds. The van der Waals surface area contributed by atoms with E-state index in [0.29, 0.717) is 28.3 Å². The maximum absolute atomic E-state index is 14.6. The second-order valence-corrected chi connectivity index (χ2v) is 6.02. The van der Waals surface area contributed by atoms with Crippen molar-refractivity contribution >= 4 is 11.8 Å². The average molecular weight is 370 g/mol. The lowest BCUT2D eigenvalue weighted by atomic mass is 10.1. The number of anilines is 1. The quantitative estimate of drug-likeness (QED) is 0.740. The van der Waals surface area contributed by atoms with Gasteiger partial charge in [-0.3, -0.25) is 9.88 Å². The number of pyridine rings is 1. The molecule has 1 saturated heterocycles. The Labute approximate surface area is 153 Å². The molecule has 1 aliphatic heterocycles. The Kier molecular flexibility index (Phi) is 4.24. The summed E-state index contributed by atoms with van der Waals surface area (Å²) in [6, 6.07) is 7.89. The van der Waals surface area contributed by atoms with Crippen LogP contribution < -0.4 is 4.90 Å². The molecule has 0 saturated carbocycles. The highest BCUT2D eigenvalue weighted by atomic mass is 19.1. The van der Waals surface area contributed by atoms with Crippen molar-refractivity contribution in [2.24, 2.45) is 7.05 Å². The maximum Gasteiger partial charge on any atom is 0.414 e. The molecular weight excluding hydrogens is 355 g/mol. The van der Waals surface area contributed by atoms with E-state index in [9.17, 15) is 9.18 Å². The number of ether oxygens (including phenoxy) is 1. The summed E-state index contributed by atoms with van der Waals surface area (Å²) in [6.45, 7) is -0.0992. The predicted octanol–water partition coefficient (Wildman–Crippen LogP) is 1.40. The minimum absolute atomic E-state index is 0.177. The van der Waals surface area contributed by atoms with Gasteiger partial charge in [0.15, 0.2) is 5.82 Å². The molecule has 9 nitrogen and oxygen atoms in total. The zero-order valence-corrected chi connectivity index (χ0v) is 14.3. The number of cyclic esters (lactones) is 1. The van der Waals surface area contributed by atoms with Crippen molar-refractivity contribution in [2.45, 2.75) is 6.10 Å². The van der Waals surface area contributed by atoms with Gasteiger partial charge in [0, 0.05) is 24.4 Å². The van der Waals surface area contributed by atoms with Gasteiger partial charge in [0.05, 0.1) is 18.8 Å². The van der Waals surface area contributed by atoms with E-state index in [1.54, 1.807) is 31.3 Å². The van der Waals surface area contributed by atoms with Crippen LogP contribution in [0.15, 0.2) is 36.5 Å². The minimum atomic E-state index is -0.607. The Morgan fingerprint density at radius 3 is 2.78 bits per heavy atom. The van der Waals surface area contributed by atoms with Crippen LogP contribution in [-0.4, -0.2) is 55.6 Å². The molecular formula is C17H15FN6O3. The van der Waals surface area contributed by atoms with Gasteiger partial charge in [-0.1, -0.05) is 6.07 Å². The monoisotopic (exact) mass is 370 g/mol. The number of aryl methyl sites for hydroxylation is 1. The van der Waals surface area contributed by atoms with Crippen LogP contribution in [0.25, 0.3) is 22.6 Å². The Bertz CT molecular complexity index is 991. The first-order valence-corrected chi connectivity index (χ1v) is 8.14. The summed E-state index contributed by atoms with van der Waals surface area (Å²) < 4.78 is 21.1. The summed E-state index contributed by atoms with van der Waals surface area (Å²) >= 11 is 0. The number of aliphatic hydroxyl groups is 1. The number of tetrazole rings is 1. The molecule has 0 aliphatic carbocycles. The van der Waals surface area contributed by atoms with Crippen LogP contribution in [0.3, 0.4) is 0 Å². The van der Waals surface area contributed by atoms with Crippen LogP contribution in [0.5, 0.6) is 0 Å². The van der Waals surface area contributed by atoms with Crippen LogP contribution in [0, 0.1) is 5.82 Å². The predicted molar refractivity (Wildman–Crippen MR) is 92.1 cm³/mol. The third-order valence-electron chi connectivity index (χ3n) is 4.27. The number of nitrogens with zero attached hydrogens (tertiary/aromatic N) is 6. The molecule has 3 aromatic rings. The van der Waals surface area contributed by atoms with Crippen molar-refractivity contribution in [2.75, 3.05) is 18.1 Å². The van der Waals surface area contributed by atoms with E-state index >= 15 is 0 Å². The highest BCUT2D eigenvalue weighted by molar-refractivity contribution is 5.90. The van der Waals surface area contributed by atoms with Gasteiger partial charge >= 0.3 is 6.09 Å². The van der Waals surface area contributed by atoms with Crippen molar-refractivity contribution in [3.05, 3.63) is 42.3 Å². The molecule has 0 spiro atoms. The molecule has 4 rings (SSSR count). The van der Waals surface area contributed by atoms with Crippen LogP contribution in [0.1, 0.15) is 0 Å². The van der Waals surface area contributed by atoms with Crippen LogP contribution in [0.2, 0.25) is 0 Å².